The lowest BCUT2D eigenvalue weighted by molar-refractivity contribution is -0.118. The lowest BCUT2D eigenvalue weighted by Gasteiger charge is -2.10. The Labute approximate surface area is 112 Å². The molecule has 4 heteroatoms. The Hall–Kier alpha value is -2.49. The maximum Gasteiger partial charge on any atom is 0.262 e. The van der Waals surface area contributed by atoms with Crippen LogP contribution in [0.4, 0.5) is 11.4 Å². The van der Waals surface area contributed by atoms with Gasteiger partial charge in [0.15, 0.2) is 6.61 Å². The molecule has 0 fully saturated rings. The molecular formula is C15H16N2O2. The van der Waals surface area contributed by atoms with E-state index < -0.39 is 0 Å². The summed E-state index contributed by atoms with van der Waals surface area (Å²) in [6.07, 6.45) is 0. The zero-order valence-electron chi connectivity index (χ0n) is 10.7. The highest BCUT2D eigenvalue weighted by Gasteiger charge is 2.06. The predicted molar refractivity (Wildman–Crippen MR) is 76.2 cm³/mol. The van der Waals surface area contributed by atoms with Crippen LogP contribution in [0, 0.1) is 6.92 Å². The summed E-state index contributed by atoms with van der Waals surface area (Å²) in [6.45, 7) is 1.90. The van der Waals surface area contributed by atoms with Crippen LogP contribution in [-0.2, 0) is 4.79 Å². The second-order valence-electron chi connectivity index (χ2n) is 4.24. The van der Waals surface area contributed by atoms with Crippen molar-refractivity contribution < 1.29 is 9.53 Å². The second-order valence-corrected chi connectivity index (χ2v) is 4.24. The van der Waals surface area contributed by atoms with Gasteiger partial charge in [-0.25, -0.2) is 0 Å². The average molecular weight is 256 g/mol. The van der Waals surface area contributed by atoms with Crippen molar-refractivity contribution in [2.24, 2.45) is 0 Å². The second kappa shape index (κ2) is 5.91. The van der Waals surface area contributed by atoms with E-state index in [2.05, 4.69) is 5.32 Å². The number of para-hydroxylation sites is 1. The summed E-state index contributed by atoms with van der Waals surface area (Å²) in [5, 5.41) is 2.73. The van der Waals surface area contributed by atoms with E-state index in [1.54, 1.807) is 18.2 Å². The van der Waals surface area contributed by atoms with E-state index >= 15 is 0 Å². The number of nitrogen functional groups attached to an aromatic ring is 1. The van der Waals surface area contributed by atoms with E-state index in [4.69, 9.17) is 10.5 Å². The third-order valence-electron chi connectivity index (χ3n) is 2.60. The summed E-state index contributed by atoms with van der Waals surface area (Å²) in [5.41, 5.74) is 7.98. The minimum absolute atomic E-state index is 0.0443. The molecule has 0 unspecified atom stereocenters. The van der Waals surface area contributed by atoms with Crippen LogP contribution in [0.15, 0.2) is 48.5 Å². The number of benzene rings is 2. The van der Waals surface area contributed by atoms with Gasteiger partial charge in [0.1, 0.15) is 5.75 Å². The van der Waals surface area contributed by atoms with Crippen molar-refractivity contribution in [3.8, 4) is 5.75 Å². The molecule has 0 spiro atoms. The third-order valence-corrected chi connectivity index (χ3v) is 2.60. The summed E-state index contributed by atoms with van der Waals surface area (Å²) >= 11 is 0. The van der Waals surface area contributed by atoms with Crippen LogP contribution in [0.1, 0.15) is 5.56 Å². The van der Waals surface area contributed by atoms with E-state index in [1.165, 1.54) is 0 Å². The molecule has 0 aromatic heterocycles. The molecule has 3 N–H and O–H groups in total. The number of nitrogens with one attached hydrogen (secondary N) is 1. The molecule has 0 aliphatic heterocycles. The first-order valence-electron chi connectivity index (χ1n) is 5.99. The topological polar surface area (TPSA) is 64.3 Å². The molecule has 2 rings (SSSR count). The van der Waals surface area contributed by atoms with Crippen LogP contribution in [0.2, 0.25) is 0 Å². The molecule has 0 saturated heterocycles. The van der Waals surface area contributed by atoms with Gasteiger partial charge in [0.05, 0.1) is 11.4 Å². The van der Waals surface area contributed by atoms with E-state index in [0.717, 1.165) is 5.56 Å². The van der Waals surface area contributed by atoms with Crippen LogP contribution in [-0.4, -0.2) is 12.5 Å². The van der Waals surface area contributed by atoms with Gasteiger partial charge in [-0.1, -0.05) is 24.3 Å². The lowest BCUT2D eigenvalue weighted by atomic mass is 10.2. The standard InChI is InChI=1S/C15H16N2O2/c1-11-7-8-13(16)14(9-11)17-15(18)10-19-12-5-3-2-4-6-12/h2-9H,10,16H2,1H3,(H,17,18). The molecule has 0 aliphatic carbocycles. The fraction of sp³-hybridized carbons (Fsp3) is 0.133. The fourth-order valence-corrected chi connectivity index (χ4v) is 1.63. The Morgan fingerprint density at radius 3 is 2.68 bits per heavy atom. The van der Waals surface area contributed by atoms with Crippen molar-refractivity contribution in [1.82, 2.24) is 0 Å². The highest BCUT2D eigenvalue weighted by Crippen LogP contribution is 2.19. The highest BCUT2D eigenvalue weighted by molar-refractivity contribution is 5.94. The summed E-state index contributed by atoms with van der Waals surface area (Å²) in [4.78, 5) is 11.8. The van der Waals surface area contributed by atoms with Gasteiger partial charge in [-0.05, 0) is 36.8 Å². The minimum Gasteiger partial charge on any atom is -0.484 e. The van der Waals surface area contributed by atoms with Crippen molar-refractivity contribution >= 4 is 17.3 Å². The molecule has 0 radical (unpaired) electrons. The van der Waals surface area contributed by atoms with Crippen LogP contribution in [0.5, 0.6) is 5.75 Å². The van der Waals surface area contributed by atoms with Crippen molar-refractivity contribution in [2.75, 3.05) is 17.7 Å². The number of aryl methyl sites for hydroxylation is 1. The monoisotopic (exact) mass is 256 g/mol. The molecular weight excluding hydrogens is 240 g/mol. The first-order chi connectivity index (χ1) is 9.15. The molecule has 0 saturated carbocycles. The first-order valence-corrected chi connectivity index (χ1v) is 5.99. The number of carbonyl (C=O) groups excluding carboxylic acids is 1. The van der Waals surface area contributed by atoms with Crippen molar-refractivity contribution in [2.45, 2.75) is 6.92 Å². The lowest BCUT2D eigenvalue weighted by Crippen LogP contribution is -2.20. The number of nitrogens with two attached hydrogens (primary N) is 1. The van der Waals surface area contributed by atoms with Crippen molar-refractivity contribution in [3.63, 3.8) is 0 Å². The van der Waals surface area contributed by atoms with Gasteiger partial charge in [-0.3, -0.25) is 4.79 Å². The smallest absolute Gasteiger partial charge is 0.262 e. The normalized spacial score (nSPS) is 9.95. The summed E-state index contributed by atoms with van der Waals surface area (Å²) in [7, 11) is 0. The summed E-state index contributed by atoms with van der Waals surface area (Å²) in [5.74, 6) is 0.427. The average Bonchev–Trinajstić information content (AvgIpc) is 2.42. The van der Waals surface area contributed by atoms with Gasteiger partial charge >= 0.3 is 0 Å². The Kier molecular flexibility index (Phi) is 4.03. The van der Waals surface area contributed by atoms with Gasteiger partial charge < -0.3 is 15.8 Å². The first kappa shape index (κ1) is 13.0. The minimum atomic E-state index is -0.235. The molecule has 19 heavy (non-hydrogen) atoms. The number of amides is 1. The van der Waals surface area contributed by atoms with Crippen LogP contribution < -0.4 is 15.8 Å². The molecule has 0 atom stereocenters. The molecule has 98 valence electrons. The highest BCUT2D eigenvalue weighted by atomic mass is 16.5. The number of ether oxygens (including phenoxy) is 1. The Balaban J connectivity index is 1.93. The SMILES string of the molecule is Cc1ccc(N)c(NC(=O)COc2ccccc2)c1. The van der Waals surface area contributed by atoms with Crippen LogP contribution in [0.3, 0.4) is 0 Å². The molecule has 0 heterocycles. The predicted octanol–water partition coefficient (Wildman–Crippen LogP) is 2.59. The molecule has 2 aromatic carbocycles. The van der Waals surface area contributed by atoms with Crippen molar-refractivity contribution in [3.05, 3.63) is 54.1 Å². The Morgan fingerprint density at radius 2 is 1.95 bits per heavy atom. The zero-order valence-corrected chi connectivity index (χ0v) is 10.7. The number of hydrogen-bond acceptors (Lipinski definition) is 3. The van der Waals surface area contributed by atoms with Gasteiger partial charge in [-0.15, -0.1) is 0 Å². The number of anilines is 2. The molecule has 1 amide bonds. The molecule has 2 aromatic rings. The van der Waals surface area contributed by atoms with Gasteiger partial charge in [-0.2, -0.15) is 0 Å². The number of carbonyl (C=O) groups is 1. The zero-order chi connectivity index (χ0) is 13.7. The maximum absolute atomic E-state index is 11.8. The summed E-state index contributed by atoms with van der Waals surface area (Å²) in [6, 6.07) is 14.7. The number of hydrogen-bond donors (Lipinski definition) is 2. The van der Waals surface area contributed by atoms with Gasteiger partial charge in [0.2, 0.25) is 0 Å². The largest absolute Gasteiger partial charge is 0.484 e. The quantitative estimate of drug-likeness (QED) is 0.826. The van der Waals surface area contributed by atoms with Gasteiger partial charge in [0.25, 0.3) is 5.91 Å². The Morgan fingerprint density at radius 1 is 1.21 bits per heavy atom. The van der Waals surface area contributed by atoms with Crippen LogP contribution in [0.25, 0.3) is 0 Å². The fourth-order valence-electron chi connectivity index (χ4n) is 1.63. The van der Waals surface area contributed by atoms with E-state index in [1.807, 2.05) is 37.3 Å². The molecule has 0 bridgehead atoms. The van der Waals surface area contributed by atoms with Gasteiger partial charge in [0, 0.05) is 0 Å². The summed E-state index contributed by atoms with van der Waals surface area (Å²) < 4.78 is 5.36. The Bertz CT molecular complexity index is 568. The van der Waals surface area contributed by atoms with E-state index in [0.29, 0.717) is 17.1 Å². The number of rotatable bonds is 4. The van der Waals surface area contributed by atoms with Crippen LogP contribution >= 0.6 is 0 Å². The van der Waals surface area contributed by atoms with E-state index in [9.17, 15) is 4.79 Å². The van der Waals surface area contributed by atoms with Crippen molar-refractivity contribution in [1.29, 1.82) is 0 Å². The third kappa shape index (κ3) is 3.74. The molecule has 4 nitrogen and oxygen atoms in total. The maximum atomic E-state index is 11.8. The van der Waals surface area contributed by atoms with E-state index in [-0.39, 0.29) is 12.5 Å². The molecule has 0 aliphatic rings.